The predicted molar refractivity (Wildman–Crippen MR) is 58.3 cm³/mol. The van der Waals surface area contributed by atoms with Gasteiger partial charge in [-0.2, -0.15) is 0 Å². The lowest BCUT2D eigenvalue weighted by atomic mass is 10.1. The van der Waals surface area contributed by atoms with Crippen LogP contribution in [0.3, 0.4) is 0 Å². The minimum Gasteiger partial charge on any atom is -0.493 e. The lowest BCUT2D eigenvalue weighted by Gasteiger charge is -2.07. The van der Waals surface area contributed by atoms with E-state index < -0.39 is 18.7 Å². The maximum absolute atomic E-state index is 11.9. The van der Waals surface area contributed by atoms with Crippen molar-refractivity contribution < 1.29 is 23.8 Å². The number of carboxylic acid groups (broad SMARTS) is 1. The van der Waals surface area contributed by atoms with Crippen LogP contribution in [0.1, 0.15) is 12.0 Å². The smallest absolute Gasteiger partial charge is 0.345 e. The summed E-state index contributed by atoms with van der Waals surface area (Å²) in [6.07, 6.45) is -0.100. The number of carbonyl (C=O) groups is 1. The minimum atomic E-state index is -0.971. The van der Waals surface area contributed by atoms with Gasteiger partial charge in [0.05, 0.1) is 13.3 Å². The summed E-state index contributed by atoms with van der Waals surface area (Å²) in [5.74, 6) is 0.138. The number of rotatable bonds is 5. The van der Waals surface area contributed by atoms with Crippen molar-refractivity contribution in [2.45, 2.75) is 18.9 Å². The van der Waals surface area contributed by atoms with Crippen LogP contribution in [0.2, 0.25) is 0 Å². The highest BCUT2D eigenvalue weighted by molar-refractivity contribution is 5.74. The summed E-state index contributed by atoms with van der Waals surface area (Å²) in [5.41, 5.74) is 0.857. The van der Waals surface area contributed by atoms with E-state index in [0.29, 0.717) is 30.9 Å². The van der Waals surface area contributed by atoms with Gasteiger partial charge in [-0.3, -0.25) is 4.39 Å². The van der Waals surface area contributed by atoms with E-state index in [-0.39, 0.29) is 0 Å². The zero-order valence-electron chi connectivity index (χ0n) is 9.19. The molecule has 0 aliphatic carbocycles. The Kier molecular flexibility index (Phi) is 3.46. The van der Waals surface area contributed by atoms with Crippen molar-refractivity contribution in [1.82, 2.24) is 0 Å². The molecule has 0 spiro atoms. The second kappa shape index (κ2) is 5.03. The van der Waals surface area contributed by atoms with Gasteiger partial charge >= 0.3 is 5.97 Å². The van der Waals surface area contributed by atoms with E-state index >= 15 is 0 Å². The Morgan fingerprint density at radius 2 is 2.41 bits per heavy atom. The largest absolute Gasteiger partial charge is 0.493 e. The van der Waals surface area contributed by atoms with Gasteiger partial charge in [0, 0.05) is 18.9 Å². The summed E-state index contributed by atoms with van der Waals surface area (Å²) in [5, 5.41) is 8.83. The zero-order chi connectivity index (χ0) is 12.3. The van der Waals surface area contributed by atoms with Gasteiger partial charge in [0.1, 0.15) is 11.5 Å². The Morgan fingerprint density at radius 1 is 1.59 bits per heavy atom. The standard InChI is InChI=1S/C12H13FO4/c13-4-1-5-16-9-3-2-8-6-11(12(14)15)17-10(8)7-9/h2-3,7,11H,1,4-6H2,(H,14,15). The third-order valence-electron chi connectivity index (χ3n) is 2.54. The molecule has 0 aromatic heterocycles. The highest BCUT2D eigenvalue weighted by Gasteiger charge is 2.28. The normalized spacial score (nSPS) is 17.4. The van der Waals surface area contributed by atoms with Gasteiger partial charge in [0.2, 0.25) is 0 Å². The number of fused-ring (bicyclic) bond motifs is 1. The molecule has 0 radical (unpaired) electrons. The molecule has 0 bridgehead atoms. The van der Waals surface area contributed by atoms with Crippen molar-refractivity contribution in [1.29, 1.82) is 0 Å². The van der Waals surface area contributed by atoms with Gasteiger partial charge in [0.15, 0.2) is 6.10 Å². The second-order valence-electron chi connectivity index (χ2n) is 3.81. The number of halogens is 1. The molecule has 1 N–H and O–H groups in total. The molecule has 5 heteroatoms. The van der Waals surface area contributed by atoms with E-state index in [4.69, 9.17) is 14.6 Å². The lowest BCUT2D eigenvalue weighted by Crippen LogP contribution is -2.24. The van der Waals surface area contributed by atoms with Crippen LogP contribution in [-0.2, 0) is 11.2 Å². The Balaban J connectivity index is 2.02. The average Bonchev–Trinajstić information content (AvgIpc) is 2.72. The van der Waals surface area contributed by atoms with E-state index in [1.807, 2.05) is 0 Å². The first-order valence-corrected chi connectivity index (χ1v) is 5.42. The van der Waals surface area contributed by atoms with E-state index in [9.17, 15) is 9.18 Å². The Morgan fingerprint density at radius 3 is 3.12 bits per heavy atom. The Hall–Kier alpha value is -1.78. The number of ether oxygens (including phenoxy) is 2. The molecule has 1 aromatic carbocycles. The third kappa shape index (κ3) is 2.67. The predicted octanol–water partition coefficient (Wildman–Crippen LogP) is 1.81. The monoisotopic (exact) mass is 240 g/mol. The van der Waals surface area contributed by atoms with E-state index in [1.54, 1.807) is 18.2 Å². The molecule has 1 heterocycles. The van der Waals surface area contributed by atoms with Crippen LogP contribution >= 0.6 is 0 Å². The van der Waals surface area contributed by atoms with Crippen LogP contribution in [0.25, 0.3) is 0 Å². The van der Waals surface area contributed by atoms with Crippen LogP contribution in [0.4, 0.5) is 4.39 Å². The number of aliphatic carboxylic acids is 1. The molecule has 2 rings (SSSR count). The van der Waals surface area contributed by atoms with Gasteiger partial charge in [-0.05, 0) is 11.6 Å². The number of carboxylic acids is 1. The van der Waals surface area contributed by atoms with Crippen molar-refractivity contribution >= 4 is 5.97 Å². The first-order valence-electron chi connectivity index (χ1n) is 5.42. The van der Waals surface area contributed by atoms with Gasteiger partial charge < -0.3 is 14.6 Å². The zero-order valence-corrected chi connectivity index (χ0v) is 9.19. The van der Waals surface area contributed by atoms with Gasteiger partial charge in [-0.25, -0.2) is 4.79 Å². The van der Waals surface area contributed by atoms with Crippen molar-refractivity contribution in [3.8, 4) is 11.5 Å². The van der Waals surface area contributed by atoms with Crippen LogP contribution < -0.4 is 9.47 Å². The maximum atomic E-state index is 11.9. The fourth-order valence-electron chi connectivity index (χ4n) is 1.68. The summed E-state index contributed by atoms with van der Waals surface area (Å²) in [6.45, 7) is -0.111. The Bertz CT molecular complexity index is 419. The highest BCUT2D eigenvalue weighted by atomic mass is 19.1. The summed E-state index contributed by atoms with van der Waals surface area (Å²) in [6, 6.07) is 5.17. The molecule has 1 aliphatic rings. The SMILES string of the molecule is O=C(O)C1Cc2ccc(OCCCF)cc2O1. The summed E-state index contributed by atoms with van der Waals surface area (Å²) < 4.78 is 22.4. The fourth-order valence-corrected chi connectivity index (χ4v) is 1.68. The molecule has 1 aromatic rings. The molecule has 1 atom stereocenters. The third-order valence-corrected chi connectivity index (χ3v) is 2.54. The first kappa shape index (κ1) is 11.7. The number of alkyl halides is 1. The number of benzene rings is 1. The van der Waals surface area contributed by atoms with Crippen molar-refractivity contribution in [3.63, 3.8) is 0 Å². The van der Waals surface area contributed by atoms with E-state index in [2.05, 4.69) is 0 Å². The molecule has 0 amide bonds. The topological polar surface area (TPSA) is 55.8 Å². The molecule has 1 unspecified atom stereocenters. The fraction of sp³-hybridized carbons (Fsp3) is 0.417. The lowest BCUT2D eigenvalue weighted by molar-refractivity contribution is -0.144. The van der Waals surface area contributed by atoms with Gasteiger partial charge in [0.25, 0.3) is 0 Å². The number of hydrogen-bond donors (Lipinski definition) is 1. The molecule has 17 heavy (non-hydrogen) atoms. The maximum Gasteiger partial charge on any atom is 0.345 e. The Labute approximate surface area is 98.0 Å². The van der Waals surface area contributed by atoms with Crippen molar-refractivity contribution in [3.05, 3.63) is 23.8 Å². The van der Waals surface area contributed by atoms with Crippen LogP contribution in [-0.4, -0.2) is 30.5 Å². The molecule has 92 valence electrons. The summed E-state index contributed by atoms with van der Waals surface area (Å²) >= 11 is 0. The van der Waals surface area contributed by atoms with E-state index in [0.717, 1.165) is 5.56 Å². The van der Waals surface area contributed by atoms with Gasteiger partial charge in [-0.15, -0.1) is 0 Å². The van der Waals surface area contributed by atoms with E-state index in [1.165, 1.54) is 0 Å². The molecule has 0 fully saturated rings. The molecule has 0 saturated carbocycles. The average molecular weight is 240 g/mol. The molecular weight excluding hydrogens is 227 g/mol. The molecule has 0 saturated heterocycles. The molecule has 4 nitrogen and oxygen atoms in total. The minimum absolute atomic E-state index is 0.303. The van der Waals surface area contributed by atoms with Crippen molar-refractivity contribution in [2.75, 3.05) is 13.3 Å². The highest BCUT2D eigenvalue weighted by Crippen LogP contribution is 2.32. The number of hydrogen-bond acceptors (Lipinski definition) is 3. The van der Waals surface area contributed by atoms with Gasteiger partial charge in [-0.1, -0.05) is 6.07 Å². The van der Waals surface area contributed by atoms with Crippen LogP contribution in [0.5, 0.6) is 11.5 Å². The quantitative estimate of drug-likeness (QED) is 0.797. The van der Waals surface area contributed by atoms with Crippen molar-refractivity contribution in [2.24, 2.45) is 0 Å². The summed E-state index contributed by atoms with van der Waals surface area (Å²) in [4.78, 5) is 10.8. The second-order valence-corrected chi connectivity index (χ2v) is 3.81. The first-order chi connectivity index (χ1) is 8.20. The summed E-state index contributed by atoms with van der Waals surface area (Å²) in [7, 11) is 0. The molecular formula is C12H13FO4. The van der Waals surface area contributed by atoms with Crippen LogP contribution in [0, 0.1) is 0 Å². The van der Waals surface area contributed by atoms with Crippen LogP contribution in [0.15, 0.2) is 18.2 Å². The molecule has 1 aliphatic heterocycles.